The number of carbonyl (C=O) groups excluding carboxylic acids is 1. The molecule has 0 saturated carbocycles. The Bertz CT molecular complexity index is 477. The topological polar surface area (TPSA) is 62.2 Å². The van der Waals surface area contributed by atoms with Gasteiger partial charge in [0.25, 0.3) is 0 Å². The smallest absolute Gasteiger partial charge is 0.168 e. The molecule has 0 saturated heterocycles. The second kappa shape index (κ2) is 4.82. The van der Waals surface area contributed by atoms with Crippen LogP contribution in [0.15, 0.2) is 48.0 Å². The highest BCUT2D eigenvalue weighted by atomic mass is 16.3. The lowest BCUT2D eigenvalue weighted by molar-refractivity contribution is -0.116. The molecule has 4 heteroatoms. The lowest BCUT2D eigenvalue weighted by atomic mass is 9.94. The van der Waals surface area contributed by atoms with E-state index in [1.54, 1.807) is 18.3 Å². The van der Waals surface area contributed by atoms with E-state index in [4.69, 9.17) is 0 Å². The Morgan fingerprint density at radius 1 is 1.41 bits per heavy atom. The molecule has 0 amide bonds. The fourth-order valence-corrected chi connectivity index (χ4v) is 1.82. The minimum atomic E-state index is -0.0674. The number of aliphatic hydroxyl groups excluding tert-OH is 1. The number of Topliss-reactive ketones (excluding diaryl/α,β-unsaturated/α-hetero) is 1. The maximum atomic E-state index is 11.7. The summed E-state index contributed by atoms with van der Waals surface area (Å²) in [6.07, 6.45) is 3.34. The first-order valence-corrected chi connectivity index (χ1v) is 5.51. The molecule has 0 fully saturated rings. The van der Waals surface area contributed by atoms with E-state index in [9.17, 15) is 9.90 Å². The number of pyridine rings is 1. The minimum absolute atomic E-state index is 0.0674. The van der Waals surface area contributed by atoms with E-state index in [-0.39, 0.29) is 11.5 Å². The van der Waals surface area contributed by atoms with Gasteiger partial charge in [0.2, 0.25) is 0 Å². The van der Waals surface area contributed by atoms with Crippen LogP contribution in [0.4, 0.5) is 5.82 Å². The molecule has 4 nitrogen and oxygen atoms in total. The number of nitrogens with one attached hydrogen (secondary N) is 1. The number of hydrogen-bond acceptors (Lipinski definition) is 4. The summed E-state index contributed by atoms with van der Waals surface area (Å²) in [5.74, 6) is 0.660. The maximum Gasteiger partial charge on any atom is 0.168 e. The van der Waals surface area contributed by atoms with Crippen molar-refractivity contribution >= 4 is 11.6 Å². The highest BCUT2D eigenvalue weighted by Gasteiger charge is 2.22. The van der Waals surface area contributed by atoms with Gasteiger partial charge >= 0.3 is 0 Å². The van der Waals surface area contributed by atoms with Crippen LogP contribution in [0.5, 0.6) is 0 Å². The summed E-state index contributed by atoms with van der Waals surface area (Å²) in [7, 11) is 0. The van der Waals surface area contributed by atoms with Crippen molar-refractivity contribution in [2.45, 2.75) is 19.3 Å². The third-order valence-corrected chi connectivity index (χ3v) is 2.63. The highest BCUT2D eigenvalue weighted by Crippen LogP contribution is 2.25. The lowest BCUT2D eigenvalue weighted by Crippen LogP contribution is -2.17. The molecule has 1 aromatic heterocycles. The van der Waals surface area contributed by atoms with Gasteiger partial charge in [-0.15, -0.1) is 0 Å². The van der Waals surface area contributed by atoms with Gasteiger partial charge in [-0.05, 0) is 18.6 Å². The summed E-state index contributed by atoms with van der Waals surface area (Å²) in [5.41, 5.74) is 0.716. The molecule has 0 unspecified atom stereocenters. The zero-order valence-corrected chi connectivity index (χ0v) is 9.44. The van der Waals surface area contributed by atoms with E-state index in [0.29, 0.717) is 36.4 Å². The molecule has 88 valence electrons. The lowest BCUT2D eigenvalue weighted by Gasteiger charge is -2.17. The average Bonchev–Trinajstić information content (AvgIpc) is 2.30. The second-order valence-corrected chi connectivity index (χ2v) is 3.92. The van der Waals surface area contributed by atoms with E-state index in [0.717, 1.165) is 0 Å². The zero-order chi connectivity index (χ0) is 12.3. The molecule has 17 heavy (non-hydrogen) atoms. The highest BCUT2D eigenvalue weighted by molar-refractivity contribution is 6.01. The van der Waals surface area contributed by atoms with Gasteiger partial charge in [0, 0.05) is 24.7 Å². The molecule has 2 rings (SSSR count). The maximum absolute atomic E-state index is 11.7. The number of aliphatic hydroxyl groups is 1. The van der Waals surface area contributed by atoms with Gasteiger partial charge in [0.15, 0.2) is 5.78 Å². The molecule has 1 aromatic rings. The van der Waals surface area contributed by atoms with Crippen molar-refractivity contribution < 1.29 is 9.90 Å². The fraction of sp³-hybridized carbons (Fsp3) is 0.231. The quantitative estimate of drug-likeness (QED) is 0.837. The summed E-state index contributed by atoms with van der Waals surface area (Å²) in [4.78, 5) is 15.8. The van der Waals surface area contributed by atoms with Crippen molar-refractivity contribution in [1.82, 2.24) is 4.98 Å². The molecule has 1 heterocycles. The van der Waals surface area contributed by atoms with Crippen LogP contribution < -0.4 is 5.32 Å². The van der Waals surface area contributed by atoms with Crippen LogP contribution in [0.2, 0.25) is 0 Å². The molecule has 1 aliphatic rings. The average molecular weight is 230 g/mol. The Balaban J connectivity index is 2.18. The molecule has 0 bridgehead atoms. The van der Waals surface area contributed by atoms with Crippen LogP contribution in [-0.4, -0.2) is 15.9 Å². The molecular formula is C13H14N2O2. The van der Waals surface area contributed by atoms with Crippen LogP contribution >= 0.6 is 0 Å². The normalized spacial score (nSPS) is 15.9. The first-order chi connectivity index (χ1) is 8.18. The van der Waals surface area contributed by atoms with E-state index in [1.165, 1.54) is 0 Å². The van der Waals surface area contributed by atoms with Crippen molar-refractivity contribution in [2.24, 2.45) is 0 Å². The standard InChI is InChI=1S/C13H14N2O2/c1-9(15-12-7-2-3-8-14-12)13-10(16)5-4-6-11(13)17/h2-3,7-8,16H,1,4-6H2,(H,14,15). The largest absolute Gasteiger partial charge is 0.511 e. The molecule has 1 aliphatic carbocycles. The molecule has 0 spiro atoms. The zero-order valence-electron chi connectivity index (χ0n) is 9.44. The van der Waals surface area contributed by atoms with Gasteiger partial charge in [-0.3, -0.25) is 4.79 Å². The molecule has 0 aromatic carbocycles. The number of rotatable bonds is 3. The van der Waals surface area contributed by atoms with Crippen molar-refractivity contribution in [3.8, 4) is 0 Å². The Kier molecular flexibility index (Phi) is 3.23. The van der Waals surface area contributed by atoms with Crippen LogP contribution in [0.25, 0.3) is 0 Å². The van der Waals surface area contributed by atoms with E-state index in [2.05, 4.69) is 16.9 Å². The predicted molar refractivity (Wildman–Crippen MR) is 65.5 cm³/mol. The van der Waals surface area contributed by atoms with Crippen molar-refractivity contribution in [3.05, 3.63) is 48.0 Å². The van der Waals surface area contributed by atoms with Crippen molar-refractivity contribution in [3.63, 3.8) is 0 Å². The summed E-state index contributed by atoms with van der Waals surface area (Å²) in [6.45, 7) is 3.78. The fourth-order valence-electron chi connectivity index (χ4n) is 1.82. The number of carbonyl (C=O) groups is 1. The number of anilines is 1. The van der Waals surface area contributed by atoms with Gasteiger partial charge in [0.1, 0.15) is 11.6 Å². The van der Waals surface area contributed by atoms with Gasteiger partial charge in [-0.1, -0.05) is 12.6 Å². The summed E-state index contributed by atoms with van der Waals surface area (Å²) < 4.78 is 0. The molecule has 0 aliphatic heterocycles. The van der Waals surface area contributed by atoms with Crippen LogP contribution in [0.3, 0.4) is 0 Å². The van der Waals surface area contributed by atoms with Gasteiger partial charge in [-0.2, -0.15) is 0 Å². The molecule has 0 radical (unpaired) electrons. The van der Waals surface area contributed by atoms with Crippen molar-refractivity contribution in [1.29, 1.82) is 0 Å². The van der Waals surface area contributed by atoms with Crippen LogP contribution in [-0.2, 0) is 4.79 Å². The van der Waals surface area contributed by atoms with Crippen molar-refractivity contribution in [2.75, 3.05) is 5.32 Å². The van der Waals surface area contributed by atoms with Gasteiger partial charge in [-0.25, -0.2) is 4.98 Å². The van der Waals surface area contributed by atoms with E-state index < -0.39 is 0 Å². The van der Waals surface area contributed by atoms with Gasteiger partial charge in [0.05, 0.1) is 5.57 Å². The number of aromatic nitrogens is 1. The minimum Gasteiger partial charge on any atom is -0.511 e. The van der Waals surface area contributed by atoms with Crippen LogP contribution in [0, 0.1) is 0 Å². The van der Waals surface area contributed by atoms with Gasteiger partial charge < -0.3 is 10.4 Å². The summed E-state index contributed by atoms with van der Waals surface area (Å²) in [6, 6.07) is 5.41. The number of ketones is 1. The first kappa shape index (κ1) is 11.4. The monoisotopic (exact) mass is 230 g/mol. The summed E-state index contributed by atoms with van der Waals surface area (Å²) >= 11 is 0. The number of allylic oxidation sites excluding steroid dienone is 2. The second-order valence-electron chi connectivity index (χ2n) is 3.92. The third-order valence-electron chi connectivity index (χ3n) is 2.63. The SMILES string of the molecule is C=C(Nc1ccccn1)C1=C(O)CCCC1=O. The molecular weight excluding hydrogens is 216 g/mol. The first-order valence-electron chi connectivity index (χ1n) is 5.51. The Hall–Kier alpha value is -2.10. The Morgan fingerprint density at radius 2 is 2.24 bits per heavy atom. The van der Waals surface area contributed by atoms with Crippen LogP contribution in [0.1, 0.15) is 19.3 Å². The Labute approximate surface area is 99.7 Å². The Morgan fingerprint density at radius 3 is 2.88 bits per heavy atom. The van der Waals surface area contributed by atoms with E-state index in [1.807, 2.05) is 6.07 Å². The number of hydrogen-bond donors (Lipinski definition) is 2. The predicted octanol–water partition coefficient (Wildman–Crippen LogP) is 2.57. The van der Waals surface area contributed by atoms with E-state index >= 15 is 0 Å². The molecule has 2 N–H and O–H groups in total. The summed E-state index contributed by atoms with van der Waals surface area (Å²) in [5, 5.41) is 12.7. The molecule has 0 atom stereocenters. The number of nitrogens with zero attached hydrogens (tertiary/aromatic N) is 1. The third kappa shape index (κ3) is 2.53.